The topological polar surface area (TPSA) is 66.9 Å². The lowest BCUT2D eigenvalue weighted by Crippen LogP contribution is -2.16. The number of carbonyl (C=O) groups excluding carboxylic acids is 1. The molecule has 0 aliphatic heterocycles. The third-order valence-electron chi connectivity index (χ3n) is 2.39. The van der Waals surface area contributed by atoms with Crippen LogP contribution in [0, 0.1) is 0 Å². The maximum atomic E-state index is 11.9. The van der Waals surface area contributed by atoms with Crippen molar-refractivity contribution in [1.82, 2.24) is 9.55 Å². The number of hydrogen-bond acceptors (Lipinski definition) is 2. The SMILES string of the molecule is Cn1c(C(=O)Nc2ccc(=O)[nH]c2)cc(Cl)c1Cl. The van der Waals surface area contributed by atoms with Crippen LogP contribution in [0.4, 0.5) is 5.69 Å². The van der Waals surface area contributed by atoms with E-state index in [1.807, 2.05) is 0 Å². The van der Waals surface area contributed by atoms with Crippen molar-refractivity contribution < 1.29 is 4.79 Å². The van der Waals surface area contributed by atoms with Gasteiger partial charge in [0.1, 0.15) is 10.8 Å². The van der Waals surface area contributed by atoms with Crippen molar-refractivity contribution >= 4 is 34.8 Å². The maximum Gasteiger partial charge on any atom is 0.272 e. The highest BCUT2D eigenvalue weighted by Crippen LogP contribution is 2.25. The Morgan fingerprint density at radius 1 is 1.39 bits per heavy atom. The largest absolute Gasteiger partial charge is 0.329 e. The van der Waals surface area contributed by atoms with Crippen molar-refractivity contribution in [3.05, 3.63) is 50.6 Å². The van der Waals surface area contributed by atoms with Crippen LogP contribution in [-0.2, 0) is 7.05 Å². The number of aromatic nitrogens is 2. The van der Waals surface area contributed by atoms with E-state index in [2.05, 4.69) is 10.3 Å². The zero-order chi connectivity index (χ0) is 13.3. The number of H-pyrrole nitrogens is 1. The van der Waals surface area contributed by atoms with Crippen LogP contribution in [0.25, 0.3) is 0 Å². The van der Waals surface area contributed by atoms with E-state index in [1.165, 1.54) is 29.0 Å². The Kier molecular flexibility index (Phi) is 3.45. The number of carbonyl (C=O) groups is 1. The molecule has 0 aliphatic rings. The van der Waals surface area contributed by atoms with Crippen LogP contribution in [0.1, 0.15) is 10.5 Å². The van der Waals surface area contributed by atoms with Crippen molar-refractivity contribution in [2.75, 3.05) is 5.32 Å². The zero-order valence-corrected chi connectivity index (χ0v) is 10.8. The molecule has 94 valence electrons. The molecule has 0 saturated carbocycles. The number of nitrogens with one attached hydrogen (secondary N) is 2. The molecule has 2 aromatic rings. The monoisotopic (exact) mass is 285 g/mol. The Morgan fingerprint density at radius 3 is 2.61 bits per heavy atom. The minimum absolute atomic E-state index is 0.238. The maximum absolute atomic E-state index is 11.9. The quantitative estimate of drug-likeness (QED) is 0.889. The van der Waals surface area contributed by atoms with E-state index in [9.17, 15) is 9.59 Å². The number of anilines is 1. The minimum atomic E-state index is -0.363. The number of hydrogen-bond donors (Lipinski definition) is 2. The average Bonchev–Trinajstić information content (AvgIpc) is 2.60. The fourth-order valence-corrected chi connectivity index (χ4v) is 1.82. The van der Waals surface area contributed by atoms with Crippen molar-refractivity contribution in [2.24, 2.45) is 7.05 Å². The van der Waals surface area contributed by atoms with Crippen LogP contribution in [0.3, 0.4) is 0 Å². The minimum Gasteiger partial charge on any atom is -0.329 e. The van der Waals surface area contributed by atoms with Gasteiger partial charge in [-0.3, -0.25) is 9.59 Å². The average molecular weight is 286 g/mol. The summed E-state index contributed by atoms with van der Waals surface area (Å²) in [7, 11) is 1.63. The molecular weight excluding hydrogens is 277 g/mol. The van der Waals surface area contributed by atoms with Crippen molar-refractivity contribution in [2.45, 2.75) is 0 Å². The van der Waals surface area contributed by atoms with Gasteiger partial charge in [-0.1, -0.05) is 23.2 Å². The van der Waals surface area contributed by atoms with Gasteiger partial charge >= 0.3 is 0 Å². The first kappa shape index (κ1) is 12.7. The zero-order valence-electron chi connectivity index (χ0n) is 9.33. The molecule has 2 aromatic heterocycles. The Bertz CT molecular complexity index is 640. The first-order valence-corrected chi connectivity index (χ1v) is 5.75. The highest BCUT2D eigenvalue weighted by Gasteiger charge is 2.15. The second-order valence-corrected chi connectivity index (χ2v) is 4.39. The molecule has 0 spiro atoms. The number of rotatable bonds is 2. The van der Waals surface area contributed by atoms with E-state index in [0.29, 0.717) is 21.6 Å². The van der Waals surface area contributed by atoms with Gasteiger partial charge in [0.25, 0.3) is 5.91 Å². The molecule has 18 heavy (non-hydrogen) atoms. The van der Waals surface area contributed by atoms with Gasteiger partial charge in [0.2, 0.25) is 5.56 Å². The molecule has 0 aromatic carbocycles. The lowest BCUT2D eigenvalue weighted by Gasteiger charge is -2.05. The molecule has 2 heterocycles. The molecule has 0 atom stereocenters. The summed E-state index contributed by atoms with van der Waals surface area (Å²) in [5.74, 6) is -0.363. The Labute approximate surface area is 112 Å². The van der Waals surface area contributed by atoms with Gasteiger partial charge in [-0.25, -0.2) is 0 Å². The van der Waals surface area contributed by atoms with Crippen LogP contribution < -0.4 is 10.9 Å². The third-order valence-corrected chi connectivity index (χ3v) is 3.23. The summed E-state index contributed by atoms with van der Waals surface area (Å²) in [4.78, 5) is 25.3. The summed E-state index contributed by atoms with van der Waals surface area (Å²) in [5, 5.41) is 3.23. The van der Waals surface area contributed by atoms with Gasteiger partial charge in [-0.05, 0) is 12.1 Å². The molecule has 1 amide bonds. The molecule has 2 N–H and O–H groups in total. The molecule has 2 rings (SSSR count). The number of pyridine rings is 1. The summed E-state index contributed by atoms with van der Waals surface area (Å²) in [6.45, 7) is 0. The molecule has 0 aliphatic carbocycles. The van der Waals surface area contributed by atoms with Gasteiger partial charge < -0.3 is 14.9 Å². The van der Waals surface area contributed by atoms with Crippen LogP contribution >= 0.6 is 23.2 Å². The normalized spacial score (nSPS) is 10.4. The molecular formula is C11H9Cl2N3O2. The standard InChI is InChI=1S/C11H9Cl2N3O2/c1-16-8(4-7(12)10(16)13)11(18)15-6-2-3-9(17)14-5-6/h2-5H,1H3,(H,14,17)(H,15,18). The van der Waals surface area contributed by atoms with Gasteiger partial charge in [0.05, 0.1) is 10.7 Å². The van der Waals surface area contributed by atoms with Crippen LogP contribution in [-0.4, -0.2) is 15.5 Å². The predicted octanol–water partition coefficient (Wildman–Crippen LogP) is 2.27. The van der Waals surface area contributed by atoms with Gasteiger partial charge in [-0.15, -0.1) is 0 Å². The van der Waals surface area contributed by atoms with E-state index in [-0.39, 0.29) is 11.5 Å². The van der Waals surface area contributed by atoms with E-state index >= 15 is 0 Å². The Morgan fingerprint density at radius 2 is 2.11 bits per heavy atom. The van der Waals surface area contributed by atoms with E-state index < -0.39 is 0 Å². The molecule has 0 saturated heterocycles. The fourth-order valence-electron chi connectivity index (χ4n) is 1.44. The van der Waals surface area contributed by atoms with E-state index in [0.717, 1.165) is 0 Å². The molecule has 0 fully saturated rings. The van der Waals surface area contributed by atoms with Crippen LogP contribution in [0.2, 0.25) is 10.2 Å². The van der Waals surface area contributed by atoms with Crippen molar-refractivity contribution in [1.29, 1.82) is 0 Å². The summed E-state index contributed by atoms with van der Waals surface area (Å²) in [5.41, 5.74) is 0.571. The number of amides is 1. The number of aromatic amines is 1. The van der Waals surface area contributed by atoms with Crippen LogP contribution in [0.15, 0.2) is 29.2 Å². The fraction of sp³-hybridized carbons (Fsp3) is 0.0909. The van der Waals surface area contributed by atoms with Crippen molar-refractivity contribution in [3.63, 3.8) is 0 Å². The molecule has 7 heteroatoms. The first-order chi connectivity index (χ1) is 8.49. The van der Waals surface area contributed by atoms with E-state index in [4.69, 9.17) is 23.2 Å². The molecule has 0 bridgehead atoms. The molecule has 0 unspecified atom stereocenters. The summed E-state index contributed by atoms with van der Waals surface area (Å²) in [6, 6.07) is 4.30. The summed E-state index contributed by atoms with van der Waals surface area (Å²) >= 11 is 11.7. The van der Waals surface area contributed by atoms with Gasteiger partial charge in [-0.2, -0.15) is 0 Å². The Hall–Kier alpha value is -1.72. The summed E-state index contributed by atoms with van der Waals surface area (Å²) < 4.78 is 1.48. The predicted molar refractivity (Wildman–Crippen MR) is 70.4 cm³/mol. The van der Waals surface area contributed by atoms with Gasteiger partial charge in [0.15, 0.2) is 0 Å². The smallest absolute Gasteiger partial charge is 0.272 e. The third kappa shape index (κ3) is 2.42. The second-order valence-electron chi connectivity index (χ2n) is 3.62. The highest BCUT2D eigenvalue weighted by molar-refractivity contribution is 6.42. The van der Waals surface area contributed by atoms with Crippen LogP contribution in [0.5, 0.6) is 0 Å². The molecule has 0 radical (unpaired) electrons. The lowest BCUT2D eigenvalue weighted by atomic mass is 10.3. The number of nitrogens with zero attached hydrogens (tertiary/aromatic N) is 1. The number of halogens is 2. The van der Waals surface area contributed by atoms with E-state index in [1.54, 1.807) is 7.05 Å². The lowest BCUT2D eigenvalue weighted by molar-refractivity contribution is 0.101. The first-order valence-electron chi connectivity index (χ1n) is 5.00. The van der Waals surface area contributed by atoms with Crippen molar-refractivity contribution in [3.8, 4) is 0 Å². The molecule has 5 nitrogen and oxygen atoms in total. The summed E-state index contributed by atoms with van der Waals surface area (Å²) in [6.07, 6.45) is 1.41. The van der Waals surface area contributed by atoms with Gasteiger partial charge in [0, 0.05) is 19.3 Å². The highest BCUT2D eigenvalue weighted by atomic mass is 35.5. The Balaban J connectivity index is 2.24. The second kappa shape index (κ2) is 4.88.